The first-order chi connectivity index (χ1) is 8.97. The van der Waals surface area contributed by atoms with Gasteiger partial charge in [-0.15, -0.1) is 0 Å². The van der Waals surface area contributed by atoms with E-state index in [1.165, 1.54) is 0 Å². The SMILES string of the molecule is CC(C)C1CC(=O)N(CC(=O)c2ccc(Br)cc2)C1. The molecule has 0 aromatic heterocycles. The lowest BCUT2D eigenvalue weighted by atomic mass is 9.95. The second kappa shape index (κ2) is 5.87. The van der Waals surface area contributed by atoms with Crippen LogP contribution in [0.5, 0.6) is 0 Å². The van der Waals surface area contributed by atoms with Crippen LogP contribution in [0.15, 0.2) is 28.7 Å². The maximum Gasteiger partial charge on any atom is 0.223 e. The Morgan fingerprint density at radius 3 is 2.53 bits per heavy atom. The minimum atomic E-state index is 0.00487. The van der Waals surface area contributed by atoms with Crippen molar-refractivity contribution >= 4 is 27.6 Å². The average Bonchev–Trinajstić information content (AvgIpc) is 2.72. The van der Waals surface area contributed by atoms with Gasteiger partial charge in [0, 0.05) is 23.0 Å². The lowest BCUT2D eigenvalue weighted by Crippen LogP contribution is -2.31. The van der Waals surface area contributed by atoms with Crippen molar-refractivity contribution in [3.63, 3.8) is 0 Å². The largest absolute Gasteiger partial charge is 0.335 e. The van der Waals surface area contributed by atoms with Gasteiger partial charge in [0.25, 0.3) is 0 Å². The van der Waals surface area contributed by atoms with Crippen LogP contribution in [-0.4, -0.2) is 29.7 Å². The van der Waals surface area contributed by atoms with E-state index in [0.29, 0.717) is 30.4 Å². The smallest absolute Gasteiger partial charge is 0.223 e. The van der Waals surface area contributed by atoms with Gasteiger partial charge in [-0.2, -0.15) is 0 Å². The van der Waals surface area contributed by atoms with Crippen molar-refractivity contribution in [2.75, 3.05) is 13.1 Å². The van der Waals surface area contributed by atoms with Crippen LogP contribution in [0.25, 0.3) is 0 Å². The Hall–Kier alpha value is -1.16. The number of amides is 1. The van der Waals surface area contributed by atoms with Crippen LogP contribution in [0.1, 0.15) is 30.6 Å². The first kappa shape index (κ1) is 14.3. The lowest BCUT2D eigenvalue weighted by Gasteiger charge is -2.17. The Balaban J connectivity index is 2.00. The molecule has 0 bridgehead atoms. The van der Waals surface area contributed by atoms with Gasteiger partial charge in [0.1, 0.15) is 0 Å². The first-order valence-corrected chi connectivity index (χ1v) is 7.33. The predicted octanol–water partition coefficient (Wildman–Crippen LogP) is 3.14. The number of Topliss-reactive ketones (excluding diaryl/α,β-unsaturated/α-hetero) is 1. The molecule has 1 atom stereocenters. The summed E-state index contributed by atoms with van der Waals surface area (Å²) >= 11 is 3.34. The second-order valence-corrected chi connectivity index (χ2v) is 6.33. The van der Waals surface area contributed by atoms with Crippen molar-refractivity contribution in [3.8, 4) is 0 Å². The third-order valence-electron chi connectivity index (χ3n) is 3.69. The maximum atomic E-state index is 12.1. The van der Waals surface area contributed by atoms with Crippen molar-refractivity contribution in [2.24, 2.45) is 11.8 Å². The molecule has 19 heavy (non-hydrogen) atoms. The molecule has 1 aliphatic rings. The molecule has 3 nitrogen and oxygen atoms in total. The number of carbonyl (C=O) groups is 2. The van der Waals surface area contributed by atoms with Gasteiger partial charge in [-0.1, -0.05) is 41.9 Å². The van der Waals surface area contributed by atoms with Gasteiger partial charge in [0.2, 0.25) is 5.91 Å². The molecule has 0 N–H and O–H groups in total. The quantitative estimate of drug-likeness (QED) is 0.798. The summed E-state index contributed by atoms with van der Waals surface area (Å²) in [6.45, 7) is 5.15. The molecule has 1 fully saturated rings. The summed E-state index contributed by atoms with van der Waals surface area (Å²) in [6, 6.07) is 7.26. The van der Waals surface area contributed by atoms with Crippen LogP contribution in [0.2, 0.25) is 0 Å². The summed E-state index contributed by atoms with van der Waals surface area (Å²) in [5.74, 6) is 0.969. The molecule has 0 saturated carbocycles. The van der Waals surface area contributed by atoms with Crippen molar-refractivity contribution < 1.29 is 9.59 Å². The number of likely N-dealkylation sites (tertiary alicyclic amines) is 1. The van der Waals surface area contributed by atoms with Gasteiger partial charge in [0.05, 0.1) is 6.54 Å². The summed E-state index contributed by atoms with van der Waals surface area (Å²) in [6.07, 6.45) is 0.575. The second-order valence-electron chi connectivity index (χ2n) is 5.41. The third kappa shape index (κ3) is 3.44. The highest BCUT2D eigenvalue weighted by atomic mass is 79.9. The fourth-order valence-electron chi connectivity index (χ4n) is 2.30. The maximum absolute atomic E-state index is 12.1. The van der Waals surface area contributed by atoms with Crippen molar-refractivity contribution in [1.29, 1.82) is 0 Å². The topological polar surface area (TPSA) is 37.4 Å². The molecule has 1 saturated heterocycles. The highest BCUT2D eigenvalue weighted by Gasteiger charge is 2.32. The van der Waals surface area contributed by atoms with E-state index in [4.69, 9.17) is 0 Å². The highest BCUT2D eigenvalue weighted by Crippen LogP contribution is 2.24. The Kier molecular flexibility index (Phi) is 4.40. The number of hydrogen-bond donors (Lipinski definition) is 0. The zero-order valence-corrected chi connectivity index (χ0v) is 12.8. The molecule has 4 heteroatoms. The van der Waals surface area contributed by atoms with E-state index in [0.717, 1.165) is 4.47 Å². The van der Waals surface area contributed by atoms with Crippen LogP contribution in [0, 0.1) is 11.8 Å². The molecular formula is C15H18BrNO2. The average molecular weight is 324 g/mol. The summed E-state index contributed by atoms with van der Waals surface area (Å²) in [4.78, 5) is 25.7. The molecule has 102 valence electrons. The van der Waals surface area contributed by atoms with Crippen LogP contribution >= 0.6 is 15.9 Å². The molecule has 1 aliphatic heterocycles. The normalized spacial score (nSPS) is 19.3. The van der Waals surface area contributed by atoms with Gasteiger partial charge in [-0.25, -0.2) is 0 Å². The number of carbonyl (C=O) groups excluding carboxylic acids is 2. The molecule has 0 spiro atoms. The Labute approximate surface area is 122 Å². The Bertz CT molecular complexity index is 481. The van der Waals surface area contributed by atoms with Crippen LogP contribution in [0.4, 0.5) is 0 Å². The number of hydrogen-bond acceptors (Lipinski definition) is 2. The molecular weight excluding hydrogens is 306 g/mol. The van der Waals surface area contributed by atoms with E-state index in [1.807, 2.05) is 12.1 Å². The number of ketones is 1. The van der Waals surface area contributed by atoms with E-state index in [1.54, 1.807) is 17.0 Å². The van der Waals surface area contributed by atoms with Gasteiger partial charge < -0.3 is 4.90 Å². The van der Waals surface area contributed by atoms with E-state index < -0.39 is 0 Å². The zero-order valence-electron chi connectivity index (χ0n) is 11.2. The molecule has 1 aromatic carbocycles. The number of halogens is 1. The monoisotopic (exact) mass is 323 g/mol. The van der Waals surface area contributed by atoms with Crippen LogP contribution < -0.4 is 0 Å². The van der Waals surface area contributed by atoms with E-state index in [-0.39, 0.29) is 18.2 Å². The Morgan fingerprint density at radius 2 is 2.00 bits per heavy atom. The molecule has 1 aromatic rings. The molecule has 1 heterocycles. The molecule has 0 aliphatic carbocycles. The minimum absolute atomic E-state index is 0.00487. The Morgan fingerprint density at radius 1 is 1.37 bits per heavy atom. The standard InChI is InChI=1S/C15H18BrNO2/c1-10(2)12-7-15(19)17(8-12)9-14(18)11-3-5-13(16)6-4-11/h3-6,10,12H,7-9H2,1-2H3. The van der Waals surface area contributed by atoms with Gasteiger partial charge in [-0.3, -0.25) is 9.59 Å². The van der Waals surface area contributed by atoms with Crippen molar-refractivity contribution in [1.82, 2.24) is 4.90 Å². The summed E-state index contributed by atoms with van der Waals surface area (Å²) < 4.78 is 0.946. The summed E-state index contributed by atoms with van der Waals surface area (Å²) in [5.41, 5.74) is 0.656. The number of nitrogens with zero attached hydrogens (tertiary/aromatic N) is 1. The number of benzene rings is 1. The summed E-state index contributed by atoms with van der Waals surface area (Å²) in [5, 5.41) is 0. The predicted molar refractivity (Wildman–Crippen MR) is 78.0 cm³/mol. The fourth-order valence-corrected chi connectivity index (χ4v) is 2.57. The molecule has 2 rings (SSSR count). The molecule has 1 amide bonds. The van der Waals surface area contributed by atoms with E-state index >= 15 is 0 Å². The lowest BCUT2D eigenvalue weighted by molar-refractivity contribution is -0.127. The van der Waals surface area contributed by atoms with Gasteiger partial charge >= 0.3 is 0 Å². The molecule has 0 radical (unpaired) electrons. The fraction of sp³-hybridized carbons (Fsp3) is 0.467. The van der Waals surface area contributed by atoms with Crippen molar-refractivity contribution in [2.45, 2.75) is 20.3 Å². The van der Waals surface area contributed by atoms with E-state index in [2.05, 4.69) is 29.8 Å². The zero-order chi connectivity index (χ0) is 14.0. The van der Waals surface area contributed by atoms with Gasteiger partial charge in [0.15, 0.2) is 5.78 Å². The van der Waals surface area contributed by atoms with Crippen LogP contribution in [0.3, 0.4) is 0 Å². The first-order valence-electron chi connectivity index (χ1n) is 6.54. The summed E-state index contributed by atoms with van der Waals surface area (Å²) in [7, 11) is 0. The molecule has 1 unspecified atom stereocenters. The van der Waals surface area contributed by atoms with Crippen LogP contribution in [-0.2, 0) is 4.79 Å². The van der Waals surface area contributed by atoms with E-state index in [9.17, 15) is 9.59 Å². The third-order valence-corrected chi connectivity index (χ3v) is 4.22. The van der Waals surface area contributed by atoms with Crippen molar-refractivity contribution in [3.05, 3.63) is 34.3 Å². The van der Waals surface area contributed by atoms with Gasteiger partial charge in [-0.05, 0) is 24.0 Å². The number of rotatable bonds is 4. The minimum Gasteiger partial charge on any atom is -0.335 e. The highest BCUT2D eigenvalue weighted by molar-refractivity contribution is 9.10.